The number of carbonyl (C=O) groups excluding carboxylic acids is 1. The van der Waals surface area contributed by atoms with Gasteiger partial charge in [-0.1, -0.05) is 6.42 Å². The molecule has 144 valence electrons. The predicted molar refractivity (Wildman–Crippen MR) is 101 cm³/mol. The van der Waals surface area contributed by atoms with Gasteiger partial charge in [0.05, 0.1) is 16.5 Å². The summed E-state index contributed by atoms with van der Waals surface area (Å²) in [5.74, 6) is -1.18. The standard InChI is InChI=1S/C13H17F2N3OS.C5H8O/c1-13(2)12(16)18-10(6-20(13)19)8-4-7(17-3)5-9(14)11(8)15;6-4-5-2-1-3-5/h4-5,10,17H,6H2,1-3H3,(H2,16,18);4-5H,1-3H2. The highest BCUT2D eigenvalue weighted by Crippen LogP contribution is 2.32. The molecule has 0 bridgehead atoms. The molecule has 2 aliphatic rings. The van der Waals surface area contributed by atoms with Crippen LogP contribution in [-0.2, 0) is 15.6 Å². The molecular formula is C18H25F2N3O2S. The third-order valence-electron chi connectivity index (χ3n) is 4.84. The number of benzene rings is 1. The van der Waals surface area contributed by atoms with Crippen LogP contribution in [0.3, 0.4) is 0 Å². The number of nitrogens with two attached hydrogens (primary N) is 1. The number of aliphatic imine (C=N–C) groups is 1. The van der Waals surface area contributed by atoms with E-state index in [4.69, 9.17) is 5.73 Å². The number of nitrogens with zero attached hydrogens (tertiary/aromatic N) is 1. The van der Waals surface area contributed by atoms with Crippen molar-refractivity contribution in [2.24, 2.45) is 16.6 Å². The molecule has 1 aliphatic heterocycles. The van der Waals surface area contributed by atoms with Gasteiger partial charge in [-0.2, -0.15) is 0 Å². The second-order valence-electron chi connectivity index (χ2n) is 6.99. The Morgan fingerprint density at radius 2 is 2.00 bits per heavy atom. The minimum Gasteiger partial charge on any atom is -0.388 e. The maximum Gasteiger partial charge on any atom is 0.164 e. The Labute approximate surface area is 154 Å². The molecule has 26 heavy (non-hydrogen) atoms. The van der Waals surface area contributed by atoms with Gasteiger partial charge in [0, 0.05) is 41.1 Å². The van der Waals surface area contributed by atoms with Gasteiger partial charge in [0.25, 0.3) is 0 Å². The zero-order valence-corrected chi connectivity index (χ0v) is 16.0. The van der Waals surface area contributed by atoms with Crippen LogP contribution in [0.1, 0.15) is 44.7 Å². The monoisotopic (exact) mass is 385 g/mol. The quantitative estimate of drug-likeness (QED) is 0.784. The Morgan fingerprint density at radius 1 is 1.35 bits per heavy atom. The molecular weight excluding hydrogens is 360 g/mol. The van der Waals surface area contributed by atoms with Crippen LogP contribution < -0.4 is 11.1 Å². The first kappa shape index (κ1) is 20.5. The van der Waals surface area contributed by atoms with Crippen LogP contribution in [0.25, 0.3) is 0 Å². The van der Waals surface area contributed by atoms with E-state index in [-0.39, 0.29) is 17.2 Å². The Hall–Kier alpha value is -1.83. The second-order valence-corrected chi connectivity index (χ2v) is 9.04. The Morgan fingerprint density at radius 3 is 2.42 bits per heavy atom. The summed E-state index contributed by atoms with van der Waals surface area (Å²) in [7, 11) is 0.307. The van der Waals surface area contributed by atoms with Crippen LogP contribution in [0.5, 0.6) is 0 Å². The van der Waals surface area contributed by atoms with Crippen molar-refractivity contribution in [3.8, 4) is 0 Å². The van der Waals surface area contributed by atoms with Crippen molar-refractivity contribution in [2.45, 2.75) is 43.9 Å². The SMILES string of the molecule is CNc1cc(F)c(F)c(C2CS(=O)C(C)(C)C(N)=N2)c1.O=CC1CCC1. The molecule has 0 radical (unpaired) electrons. The van der Waals surface area contributed by atoms with E-state index in [1.165, 1.54) is 12.5 Å². The molecule has 8 heteroatoms. The molecule has 5 nitrogen and oxygen atoms in total. The first-order valence-corrected chi connectivity index (χ1v) is 9.86. The lowest BCUT2D eigenvalue weighted by molar-refractivity contribution is -0.113. The molecule has 1 heterocycles. The Bertz CT molecular complexity index is 733. The molecule has 1 aromatic rings. The van der Waals surface area contributed by atoms with Crippen molar-refractivity contribution in [1.29, 1.82) is 0 Å². The van der Waals surface area contributed by atoms with Gasteiger partial charge < -0.3 is 15.8 Å². The maximum absolute atomic E-state index is 13.9. The third-order valence-corrected chi connectivity index (χ3v) is 6.80. The molecule has 1 fully saturated rings. The highest BCUT2D eigenvalue weighted by Gasteiger charge is 2.38. The smallest absolute Gasteiger partial charge is 0.164 e. The minimum absolute atomic E-state index is 0.0705. The summed E-state index contributed by atoms with van der Waals surface area (Å²) in [6.07, 6.45) is 4.61. The van der Waals surface area contributed by atoms with Crippen LogP contribution in [0.2, 0.25) is 0 Å². The molecule has 3 rings (SSSR count). The molecule has 2 unspecified atom stereocenters. The molecule has 0 saturated heterocycles. The Kier molecular flexibility index (Phi) is 6.49. The molecule has 3 N–H and O–H groups in total. The minimum atomic E-state index is -1.30. The highest BCUT2D eigenvalue weighted by atomic mass is 32.2. The van der Waals surface area contributed by atoms with Gasteiger partial charge >= 0.3 is 0 Å². The second kappa shape index (κ2) is 8.24. The molecule has 1 aromatic carbocycles. The lowest BCUT2D eigenvalue weighted by Crippen LogP contribution is -2.47. The lowest BCUT2D eigenvalue weighted by atomic mass is 9.87. The number of hydrogen-bond donors (Lipinski definition) is 2. The number of rotatable bonds is 3. The van der Waals surface area contributed by atoms with Gasteiger partial charge in [-0.15, -0.1) is 0 Å². The highest BCUT2D eigenvalue weighted by molar-refractivity contribution is 7.87. The molecule has 0 aromatic heterocycles. The van der Waals surface area contributed by atoms with E-state index < -0.39 is 33.2 Å². The van der Waals surface area contributed by atoms with Gasteiger partial charge in [0.2, 0.25) is 0 Å². The number of hydrogen-bond acceptors (Lipinski definition) is 5. The molecule has 1 aliphatic carbocycles. The molecule has 0 amide bonds. The summed E-state index contributed by atoms with van der Waals surface area (Å²) in [5.41, 5.74) is 6.32. The normalized spacial score (nSPS) is 24.6. The van der Waals surface area contributed by atoms with Crippen molar-refractivity contribution < 1.29 is 17.8 Å². The van der Waals surface area contributed by atoms with Crippen LogP contribution in [-0.4, -0.2) is 33.9 Å². The summed E-state index contributed by atoms with van der Waals surface area (Å²) in [6, 6.07) is 1.80. The lowest BCUT2D eigenvalue weighted by Gasteiger charge is -2.31. The summed E-state index contributed by atoms with van der Waals surface area (Å²) >= 11 is 0. The zero-order chi connectivity index (χ0) is 19.5. The number of carbonyl (C=O) groups is 1. The van der Waals surface area contributed by atoms with Crippen molar-refractivity contribution in [3.63, 3.8) is 0 Å². The van der Waals surface area contributed by atoms with Crippen LogP contribution in [0, 0.1) is 17.6 Å². The van der Waals surface area contributed by atoms with E-state index in [1.54, 1.807) is 20.9 Å². The van der Waals surface area contributed by atoms with Gasteiger partial charge in [-0.05, 0) is 32.8 Å². The van der Waals surface area contributed by atoms with E-state index in [0.717, 1.165) is 25.2 Å². The summed E-state index contributed by atoms with van der Waals surface area (Å²) in [4.78, 5) is 14.0. The van der Waals surface area contributed by atoms with E-state index in [0.29, 0.717) is 11.6 Å². The van der Waals surface area contributed by atoms with E-state index in [9.17, 15) is 17.8 Å². The summed E-state index contributed by atoms with van der Waals surface area (Å²) in [5, 5.41) is 2.75. The third kappa shape index (κ3) is 4.28. The van der Waals surface area contributed by atoms with Gasteiger partial charge in [0.15, 0.2) is 11.6 Å². The average Bonchev–Trinajstić information content (AvgIpc) is 2.54. The first-order chi connectivity index (χ1) is 12.2. The topological polar surface area (TPSA) is 84.6 Å². The fourth-order valence-electron chi connectivity index (χ4n) is 2.56. The van der Waals surface area contributed by atoms with Gasteiger partial charge in [-0.3, -0.25) is 9.20 Å². The van der Waals surface area contributed by atoms with Gasteiger partial charge in [0.1, 0.15) is 12.1 Å². The number of aldehydes is 1. The fourth-order valence-corrected chi connectivity index (χ4v) is 3.80. The van der Waals surface area contributed by atoms with Crippen molar-refractivity contribution in [3.05, 3.63) is 29.3 Å². The van der Waals surface area contributed by atoms with Crippen LogP contribution in [0.15, 0.2) is 17.1 Å². The molecule has 2 atom stereocenters. The summed E-state index contributed by atoms with van der Waals surface area (Å²) in [6.45, 7) is 3.44. The Balaban J connectivity index is 0.000000342. The zero-order valence-electron chi connectivity index (χ0n) is 15.2. The largest absolute Gasteiger partial charge is 0.388 e. The first-order valence-electron chi connectivity index (χ1n) is 8.55. The van der Waals surface area contributed by atoms with E-state index in [1.807, 2.05) is 0 Å². The van der Waals surface area contributed by atoms with Crippen molar-refractivity contribution >= 4 is 28.6 Å². The van der Waals surface area contributed by atoms with E-state index >= 15 is 0 Å². The number of halogens is 2. The van der Waals surface area contributed by atoms with Crippen molar-refractivity contribution in [2.75, 3.05) is 18.1 Å². The number of anilines is 1. The van der Waals surface area contributed by atoms with Gasteiger partial charge in [-0.25, -0.2) is 8.78 Å². The number of amidine groups is 1. The average molecular weight is 385 g/mol. The van der Waals surface area contributed by atoms with E-state index in [2.05, 4.69) is 10.3 Å². The molecule has 0 spiro atoms. The van der Waals surface area contributed by atoms with Crippen LogP contribution in [0.4, 0.5) is 14.5 Å². The van der Waals surface area contributed by atoms with Crippen LogP contribution >= 0.6 is 0 Å². The number of nitrogens with one attached hydrogen (secondary N) is 1. The fraction of sp³-hybridized carbons (Fsp3) is 0.556. The molecule has 1 saturated carbocycles. The summed E-state index contributed by atoms with van der Waals surface area (Å²) < 4.78 is 38.9. The maximum atomic E-state index is 13.9. The predicted octanol–water partition coefficient (Wildman–Crippen LogP) is 2.93. The van der Waals surface area contributed by atoms with Crippen molar-refractivity contribution in [1.82, 2.24) is 0 Å².